The van der Waals surface area contributed by atoms with Crippen molar-refractivity contribution in [1.29, 1.82) is 0 Å². The van der Waals surface area contributed by atoms with Gasteiger partial charge in [-0.15, -0.1) is 0 Å². The maximum Gasteiger partial charge on any atom is 0.338 e. The van der Waals surface area contributed by atoms with Crippen molar-refractivity contribution in [2.45, 2.75) is 6.61 Å². The van der Waals surface area contributed by atoms with Gasteiger partial charge in [-0.2, -0.15) is 0 Å². The Morgan fingerprint density at radius 3 is 2.50 bits per heavy atom. The van der Waals surface area contributed by atoms with Gasteiger partial charge in [-0.3, -0.25) is 10.1 Å². The zero-order valence-corrected chi connectivity index (χ0v) is 11.0. The first-order valence-electron chi connectivity index (χ1n) is 5.73. The molecule has 0 atom stereocenters. The van der Waals surface area contributed by atoms with Crippen LogP contribution in [0.3, 0.4) is 0 Å². The first kappa shape index (κ1) is 14.0. The largest absolute Gasteiger partial charge is 0.457 e. The Kier molecular flexibility index (Phi) is 4.32. The smallest absolute Gasteiger partial charge is 0.338 e. The van der Waals surface area contributed by atoms with Gasteiger partial charge >= 0.3 is 5.97 Å². The number of esters is 1. The molecule has 0 aliphatic rings. The van der Waals surface area contributed by atoms with Gasteiger partial charge in [0.25, 0.3) is 5.69 Å². The average molecular weight is 292 g/mol. The van der Waals surface area contributed by atoms with E-state index in [1.165, 1.54) is 12.1 Å². The van der Waals surface area contributed by atoms with E-state index in [0.717, 1.165) is 0 Å². The zero-order valence-electron chi connectivity index (χ0n) is 10.3. The first-order valence-corrected chi connectivity index (χ1v) is 6.11. The zero-order chi connectivity index (χ0) is 14.5. The maximum absolute atomic E-state index is 11.7. The van der Waals surface area contributed by atoms with Crippen LogP contribution in [0.2, 0.25) is 5.02 Å². The number of nitro benzene ring substituents is 1. The van der Waals surface area contributed by atoms with E-state index in [1.807, 2.05) is 0 Å². The summed E-state index contributed by atoms with van der Waals surface area (Å²) in [4.78, 5) is 21.9. The number of rotatable bonds is 4. The molecule has 5 nitrogen and oxygen atoms in total. The summed E-state index contributed by atoms with van der Waals surface area (Å²) in [5.41, 5.74) is 0.596. The molecule has 0 N–H and O–H groups in total. The van der Waals surface area contributed by atoms with Crippen LogP contribution >= 0.6 is 11.6 Å². The van der Waals surface area contributed by atoms with Crippen LogP contribution in [0.15, 0.2) is 48.5 Å². The highest BCUT2D eigenvalue weighted by atomic mass is 35.5. The van der Waals surface area contributed by atoms with E-state index >= 15 is 0 Å². The molecule has 0 unspecified atom stereocenters. The molecule has 0 fully saturated rings. The molecule has 0 amide bonds. The molecule has 0 bridgehead atoms. The van der Waals surface area contributed by atoms with Crippen molar-refractivity contribution in [2.75, 3.05) is 0 Å². The summed E-state index contributed by atoms with van der Waals surface area (Å²) in [5, 5.41) is 10.7. The molecule has 0 aliphatic heterocycles. The molecule has 0 radical (unpaired) electrons. The topological polar surface area (TPSA) is 69.4 Å². The molecule has 2 aromatic carbocycles. The minimum atomic E-state index is -0.579. The molecule has 0 saturated carbocycles. The lowest BCUT2D eigenvalue weighted by molar-refractivity contribution is -0.384. The number of hydrogen-bond acceptors (Lipinski definition) is 4. The summed E-state index contributed by atoms with van der Waals surface area (Å²) in [7, 11) is 0. The fourth-order valence-corrected chi connectivity index (χ4v) is 1.87. The highest BCUT2D eigenvalue weighted by Gasteiger charge is 2.16. The fourth-order valence-electron chi connectivity index (χ4n) is 1.62. The quantitative estimate of drug-likeness (QED) is 0.490. The van der Waals surface area contributed by atoms with Gasteiger partial charge < -0.3 is 4.74 Å². The van der Waals surface area contributed by atoms with E-state index in [0.29, 0.717) is 11.1 Å². The van der Waals surface area contributed by atoms with Crippen LogP contribution in [0.5, 0.6) is 0 Å². The van der Waals surface area contributed by atoms with Crippen LogP contribution in [-0.2, 0) is 11.3 Å². The number of carbonyl (C=O) groups excluding carboxylic acids is 1. The Balaban J connectivity index is 2.10. The van der Waals surface area contributed by atoms with Gasteiger partial charge in [0, 0.05) is 11.6 Å². The van der Waals surface area contributed by atoms with Gasteiger partial charge in [0.05, 0.1) is 10.5 Å². The van der Waals surface area contributed by atoms with E-state index in [4.69, 9.17) is 16.3 Å². The first-order chi connectivity index (χ1) is 9.59. The number of nitro groups is 1. The summed E-state index contributed by atoms with van der Waals surface area (Å²) in [5.74, 6) is -0.506. The van der Waals surface area contributed by atoms with Gasteiger partial charge in [0.2, 0.25) is 0 Å². The average Bonchev–Trinajstić information content (AvgIpc) is 2.46. The van der Waals surface area contributed by atoms with Crippen LogP contribution in [-0.4, -0.2) is 10.9 Å². The van der Waals surface area contributed by atoms with E-state index in [2.05, 4.69) is 0 Å². The minimum Gasteiger partial charge on any atom is -0.457 e. The third kappa shape index (κ3) is 3.13. The fraction of sp³-hybridized carbons (Fsp3) is 0.0714. The lowest BCUT2D eigenvalue weighted by Crippen LogP contribution is -2.05. The Labute approximate surface area is 119 Å². The molecule has 102 valence electrons. The van der Waals surface area contributed by atoms with Crippen molar-refractivity contribution < 1.29 is 14.5 Å². The van der Waals surface area contributed by atoms with Crippen LogP contribution in [0, 0.1) is 10.1 Å². The van der Waals surface area contributed by atoms with Gasteiger partial charge in [0.1, 0.15) is 11.6 Å². The monoisotopic (exact) mass is 291 g/mol. The van der Waals surface area contributed by atoms with Crippen molar-refractivity contribution in [3.8, 4) is 0 Å². The van der Waals surface area contributed by atoms with Gasteiger partial charge in [-0.05, 0) is 12.1 Å². The molecule has 0 heterocycles. The number of benzene rings is 2. The second-order valence-electron chi connectivity index (χ2n) is 3.95. The lowest BCUT2D eigenvalue weighted by Gasteiger charge is -2.06. The molecular weight excluding hydrogens is 282 g/mol. The number of carbonyl (C=O) groups is 1. The molecule has 2 aromatic rings. The summed E-state index contributed by atoms with van der Waals surface area (Å²) < 4.78 is 5.08. The van der Waals surface area contributed by atoms with Crippen molar-refractivity contribution in [2.24, 2.45) is 0 Å². The Morgan fingerprint density at radius 1 is 1.15 bits per heavy atom. The number of ether oxygens (including phenoxy) is 1. The maximum atomic E-state index is 11.7. The summed E-state index contributed by atoms with van der Waals surface area (Å²) in [6, 6.07) is 12.8. The third-order valence-corrected chi connectivity index (χ3v) is 3.06. The molecule has 0 saturated heterocycles. The van der Waals surface area contributed by atoms with Crippen LogP contribution < -0.4 is 0 Å². The minimum absolute atomic E-state index is 0.0154. The number of hydrogen-bond donors (Lipinski definition) is 0. The molecular formula is C14H10ClNO4. The molecule has 0 spiro atoms. The third-order valence-electron chi connectivity index (χ3n) is 2.62. The van der Waals surface area contributed by atoms with Gasteiger partial charge in [-0.1, -0.05) is 41.9 Å². The number of halogens is 1. The Morgan fingerprint density at radius 2 is 1.85 bits per heavy atom. The van der Waals surface area contributed by atoms with E-state index < -0.39 is 10.9 Å². The molecule has 2 rings (SSSR count). The van der Waals surface area contributed by atoms with E-state index in [1.54, 1.807) is 36.4 Å². The standard InChI is InChI=1S/C14H10ClNO4/c15-13-11(7-4-8-12(13)16(18)19)9-20-14(17)10-5-2-1-3-6-10/h1-8H,9H2. The predicted octanol–water partition coefficient (Wildman–Crippen LogP) is 3.61. The van der Waals surface area contributed by atoms with Crippen LogP contribution in [0.4, 0.5) is 5.69 Å². The second-order valence-corrected chi connectivity index (χ2v) is 4.33. The van der Waals surface area contributed by atoms with Crippen molar-refractivity contribution >= 4 is 23.3 Å². The molecule has 6 heteroatoms. The van der Waals surface area contributed by atoms with Crippen LogP contribution in [0.1, 0.15) is 15.9 Å². The Hall–Kier alpha value is -2.40. The van der Waals surface area contributed by atoms with Crippen molar-refractivity contribution in [1.82, 2.24) is 0 Å². The predicted molar refractivity (Wildman–Crippen MR) is 73.7 cm³/mol. The summed E-state index contributed by atoms with van der Waals surface area (Å²) in [6.45, 7) is -0.117. The summed E-state index contributed by atoms with van der Waals surface area (Å²) >= 11 is 5.90. The van der Waals surface area contributed by atoms with Crippen LogP contribution in [0.25, 0.3) is 0 Å². The van der Waals surface area contributed by atoms with Gasteiger partial charge in [0.15, 0.2) is 0 Å². The van der Waals surface area contributed by atoms with Gasteiger partial charge in [-0.25, -0.2) is 4.79 Å². The normalized spacial score (nSPS) is 10.1. The Bertz CT molecular complexity index is 643. The highest BCUT2D eigenvalue weighted by Crippen LogP contribution is 2.28. The SMILES string of the molecule is O=C(OCc1cccc([N+](=O)[O-])c1Cl)c1ccccc1. The molecule has 0 aromatic heterocycles. The van der Waals surface area contributed by atoms with Crippen molar-refractivity contribution in [3.63, 3.8) is 0 Å². The molecule has 20 heavy (non-hydrogen) atoms. The highest BCUT2D eigenvalue weighted by molar-refractivity contribution is 6.33. The molecule has 0 aliphatic carbocycles. The van der Waals surface area contributed by atoms with Crippen molar-refractivity contribution in [3.05, 3.63) is 74.8 Å². The number of nitrogens with zero attached hydrogens (tertiary/aromatic N) is 1. The summed E-state index contributed by atoms with van der Waals surface area (Å²) in [6.07, 6.45) is 0. The van der Waals surface area contributed by atoms with E-state index in [-0.39, 0.29) is 17.3 Å². The second kappa shape index (κ2) is 6.16. The van der Waals surface area contributed by atoms with E-state index in [9.17, 15) is 14.9 Å². The lowest BCUT2D eigenvalue weighted by atomic mass is 10.2.